The van der Waals surface area contributed by atoms with Gasteiger partial charge in [0.25, 0.3) is 0 Å². The lowest BCUT2D eigenvalue weighted by Crippen LogP contribution is -1.89. The Kier molecular flexibility index (Phi) is 3.26. The van der Waals surface area contributed by atoms with Crippen molar-refractivity contribution in [2.45, 2.75) is 13.8 Å². The molecule has 0 unspecified atom stereocenters. The molecule has 0 aliphatic carbocycles. The molecule has 0 saturated carbocycles. The Morgan fingerprint density at radius 3 is 2.92 bits per heavy atom. The highest BCUT2D eigenvalue weighted by Gasteiger charge is 1.93. The van der Waals surface area contributed by atoms with Gasteiger partial charge in [0.2, 0.25) is 0 Å². The second-order valence-electron chi connectivity index (χ2n) is 2.89. The fourth-order valence-corrected chi connectivity index (χ4v) is 1.11. The lowest BCUT2D eigenvalue weighted by atomic mass is 10.1. The standard InChI is InChI=1S/C11H14N2/c1-3-4-9(2)7-10-5-6-13-8-11(10)12/h3-8H,12H2,1-2H3/b4-3+,9-7+. The Hall–Kier alpha value is -1.57. The zero-order valence-electron chi connectivity index (χ0n) is 7.99. The van der Waals surface area contributed by atoms with E-state index < -0.39 is 0 Å². The van der Waals surface area contributed by atoms with E-state index in [9.17, 15) is 0 Å². The normalized spacial score (nSPS) is 12.3. The van der Waals surface area contributed by atoms with Gasteiger partial charge in [0.05, 0.1) is 11.9 Å². The van der Waals surface area contributed by atoms with Gasteiger partial charge in [-0.05, 0) is 26.0 Å². The van der Waals surface area contributed by atoms with Crippen LogP contribution in [0.25, 0.3) is 6.08 Å². The largest absolute Gasteiger partial charge is 0.397 e. The molecule has 0 aromatic carbocycles. The third-order valence-corrected chi connectivity index (χ3v) is 1.70. The van der Waals surface area contributed by atoms with Crippen molar-refractivity contribution < 1.29 is 0 Å². The lowest BCUT2D eigenvalue weighted by molar-refractivity contribution is 1.32. The van der Waals surface area contributed by atoms with Crippen LogP contribution in [0.5, 0.6) is 0 Å². The van der Waals surface area contributed by atoms with Gasteiger partial charge in [-0.15, -0.1) is 0 Å². The lowest BCUT2D eigenvalue weighted by Gasteiger charge is -1.98. The van der Waals surface area contributed by atoms with Crippen molar-refractivity contribution in [3.63, 3.8) is 0 Å². The molecule has 0 saturated heterocycles. The van der Waals surface area contributed by atoms with Crippen molar-refractivity contribution in [1.29, 1.82) is 0 Å². The summed E-state index contributed by atoms with van der Waals surface area (Å²) in [5.74, 6) is 0. The van der Waals surface area contributed by atoms with E-state index in [4.69, 9.17) is 5.73 Å². The Morgan fingerprint density at radius 1 is 1.54 bits per heavy atom. The fourth-order valence-electron chi connectivity index (χ4n) is 1.11. The minimum Gasteiger partial charge on any atom is -0.397 e. The highest BCUT2D eigenvalue weighted by atomic mass is 14.7. The summed E-state index contributed by atoms with van der Waals surface area (Å²) in [5, 5.41) is 0. The Labute approximate surface area is 78.8 Å². The molecule has 0 radical (unpaired) electrons. The number of rotatable bonds is 2. The van der Waals surface area contributed by atoms with Gasteiger partial charge in [-0.25, -0.2) is 0 Å². The Bertz CT molecular complexity index is 338. The molecule has 2 heteroatoms. The van der Waals surface area contributed by atoms with Crippen molar-refractivity contribution in [2.75, 3.05) is 5.73 Å². The SMILES string of the molecule is C/C=C/C(C)=C/c1ccncc1N. The van der Waals surface area contributed by atoms with Crippen LogP contribution in [-0.2, 0) is 0 Å². The summed E-state index contributed by atoms with van der Waals surface area (Å²) in [5.41, 5.74) is 8.65. The van der Waals surface area contributed by atoms with Gasteiger partial charge in [-0.1, -0.05) is 17.7 Å². The Balaban J connectivity index is 2.97. The molecule has 0 bridgehead atoms. The molecule has 1 heterocycles. The van der Waals surface area contributed by atoms with E-state index in [1.54, 1.807) is 12.4 Å². The van der Waals surface area contributed by atoms with E-state index >= 15 is 0 Å². The van der Waals surface area contributed by atoms with Gasteiger partial charge < -0.3 is 5.73 Å². The molecule has 0 atom stereocenters. The van der Waals surface area contributed by atoms with Crippen LogP contribution in [0.1, 0.15) is 19.4 Å². The van der Waals surface area contributed by atoms with E-state index in [1.807, 2.05) is 38.1 Å². The minimum absolute atomic E-state index is 0.714. The van der Waals surface area contributed by atoms with Gasteiger partial charge in [0.1, 0.15) is 0 Å². The molecule has 2 nitrogen and oxygen atoms in total. The van der Waals surface area contributed by atoms with E-state index in [2.05, 4.69) is 4.98 Å². The quantitative estimate of drug-likeness (QED) is 0.700. The second kappa shape index (κ2) is 4.45. The summed E-state index contributed by atoms with van der Waals surface area (Å²) in [6, 6.07) is 1.91. The summed E-state index contributed by atoms with van der Waals surface area (Å²) < 4.78 is 0. The van der Waals surface area contributed by atoms with Gasteiger partial charge in [0, 0.05) is 11.8 Å². The number of nitrogen functional groups attached to an aromatic ring is 1. The molecule has 0 amide bonds. The fraction of sp³-hybridized carbons (Fsp3) is 0.182. The van der Waals surface area contributed by atoms with Gasteiger partial charge in [0.15, 0.2) is 0 Å². The van der Waals surface area contributed by atoms with Crippen LogP contribution in [-0.4, -0.2) is 4.98 Å². The van der Waals surface area contributed by atoms with Crippen LogP contribution in [0.4, 0.5) is 5.69 Å². The van der Waals surface area contributed by atoms with Crippen LogP contribution in [0, 0.1) is 0 Å². The topological polar surface area (TPSA) is 38.9 Å². The zero-order valence-corrected chi connectivity index (χ0v) is 7.99. The van der Waals surface area contributed by atoms with Crippen molar-refractivity contribution in [2.24, 2.45) is 0 Å². The maximum absolute atomic E-state index is 5.73. The first kappa shape index (κ1) is 9.52. The number of nitrogens with two attached hydrogens (primary N) is 1. The molecular weight excluding hydrogens is 160 g/mol. The minimum atomic E-state index is 0.714. The molecule has 1 aromatic rings. The number of nitrogens with zero attached hydrogens (tertiary/aromatic N) is 1. The molecule has 1 aromatic heterocycles. The number of hydrogen-bond acceptors (Lipinski definition) is 2. The monoisotopic (exact) mass is 174 g/mol. The highest BCUT2D eigenvalue weighted by molar-refractivity contribution is 5.65. The summed E-state index contributed by atoms with van der Waals surface area (Å²) >= 11 is 0. The van der Waals surface area contributed by atoms with Crippen molar-refractivity contribution in [3.05, 3.63) is 41.7 Å². The maximum atomic E-state index is 5.73. The first-order chi connectivity index (χ1) is 6.24. The van der Waals surface area contributed by atoms with E-state index in [0.29, 0.717) is 5.69 Å². The first-order valence-electron chi connectivity index (χ1n) is 4.24. The van der Waals surface area contributed by atoms with Crippen LogP contribution in [0.3, 0.4) is 0 Å². The molecule has 1 rings (SSSR count). The predicted molar refractivity (Wildman–Crippen MR) is 57.1 cm³/mol. The molecule has 68 valence electrons. The van der Waals surface area contributed by atoms with Crippen LogP contribution >= 0.6 is 0 Å². The highest BCUT2D eigenvalue weighted by Crippen LogP contribution is 2.13. The predicted octanol–water partition coefficient (Wildman–Crippen LogP) is 2.64. The molecule has 0 aliphatic rings. The summed E-state index contributed by atoms with van der Waals surface area (Å²) in [6.07, 6.45) is 9.49. The van der Waals surface area contributed by atoms with Crippen LogP contribution in [0.2, 0.25) is 0 Å². The van der Waals surface area contributed by atoms with Crippen molar-refractivity contribution in [3.8, 4) is 0 Å². The molecule has 0 fully saturated rings. The summed E-state index contributed by atoms with van der Waals surface area (Å²) in [6.45, 7) is 4.03. The van der Waals surface area contributed by atoms with Crippen molar-refractivity contribution >= 4 is 11.8 Å². The second-order valence-corrected chi connectivity index (χ2v) is 2.89. The number of anilines is 1. The third-order valence-electron chi connectivity index (χ3n) is 1.70. The van der Waals surface area contributed by atoms with Crippen LogP contribution < -0.4 is 5.73 Å². The average molecular weight is 174 g/mol. The van der Waals surface area contributed by atoms with Crippen molar-refractivity contribution in [1.82, 2.24) is 4.98 Å². The third kappa shape index (κ3) is 2.75. The Morgan fingerprint density at radius 2 is 2.31 bits per heavy atom. The molecule has 2 N–H and O–H groups in total. The number of pyridine rings is 1. The molecular formula is C11H14N2. The molecule has 0 aliphatic heterocycles. The molecule has 0 spiro atoms. The maximum Gasteiger partial charge on any atom is 0.0574 e. The van der Waals surface area contributed by atoms with Crippen LogP contribution in [0.15, 0.2) is 36.2 Å². The first-order valence-corrected chi connectivity index (χ1v) is 4.24. The summed E-state index contributed by atoms with van der Waals surface area (Å²) in [7, 11) is 0. The zero-order chi connectivity index (χ0) is 9.68. The number of aromatic nitrogens is 1. The van der Waals surface area contributed by atoms with Gasteiger partial charge in [-0.3, -0.25) is 4.98 Å². The van der Waals surface area contributed by atoms with E-state index in [1.165, 1.54) is 5.57 Å². The average Bonchev–Trinajstić information content (AvgIpc) is 2.09. The summed E-state index contributed by atoms with van der Waals surface area (Å²) in [4.78, 5) is 3.93. The number of hydrogen-bond donors (Lipinski definition) is 1. The van der Waals surface area contributed by atoms with E-state index in [0.717, 1.165) is 5.56 Å². The number of allylic oxidation sites excluding steroid dienone is 3. The van der Waals surface area contributed by atoms with Gasteiger partial charge in [-0.2, -0.15) is 0 Å². The van der Waals surface area contributed by atoms with Gasteiger partial charge >= 0.3 is 0 Å². The van der Waals surface area contributed by atoms with E-state index in [-0.39, 0.29) is 0 Å². The smallest absolute Gasteiger partial charge is 0.0574 e. The molecule has 13 heavy (non-hydrogen) atoms.